The van der Waals surface area contributed by atoms with Crippen LogP contribution >= 0.6 is 15.9 Å². The molecule has 0 aromatic heterocycles. The van der Waals surface area contributed by atoms with Crippen molar-refractivity contribution in [2.24, 2.45) is 0 Å². The molecule has 1 heterocycles. The highest BCUT2D eigenvalue weighted by Gasteiger charge is 2.41. The van der Waals surface area contributed by atoms with Crippen molar-refractivity contribution in [2.75, 3.05) is 19.1 Å². The standard InChI is InChI=1S/C24H20BrFN2O5S/c1-32-19-4-3-5-20(33-2)22(19)28-23(15-6-10-17(26)11-7-15)27-14-21(24(28)29)34(30,31)18-12-8-16(25)9-13-18/h3-14,23,27H,1-2H3. The van der Waals surface area contributed by atoms with Crippen LogP contribution in [0.5, 0.6) is 11.5 Å². The lowest BCUT2D eigenvalue weighted by Gasteiger charge is -2.37. The predicted octanol–water partition coefficient (Wildman–Crippen LogP) is 4.56. The predicted molar refractivity (Wildman–Crippen MR) is 129 cm³/mol. The average molecular weight is 547 g/mol. The Morgan fingerprint density at radius 2 is 1.53 bits per heavy atom. The van der Waals surface area contributed by atoms with Crippen LogP contribution in [0.3, 0.4) is 0 Å². The normalized spacial score (nSPS) is 16.0. The highest BCUT2D eigenvalue weighted by atomic mass is 79.9. The van der Waals surface area contributed by atoms with Crippen molar-refractivity contribution in [2.45, 2.75) is 11.1 Å². The molecule has 1 aliphatic rings. The van der Waals surface area contributed by atoms with E-state index < -0.39 is 32.6 Å². The molecule has 1 atom stereocenters. The number of hydrogen-bond acceptors (Lipinski definition) is 6. The van der Waals surface area contributed by atoms with Crippen LogP contribution in [-0.4, -0.2) is 28.5 Å². The molecule has 1 unspecified atom stereocenters. The van der Waals surface area contributed by atoms with E-state index in [-0.39, 0.29) is 10.6 Å². The van der Waals surface area contributed by atoms with Crippen molar-refractivity contribution >= 4 is 37.4 Å². The minimum absolute atomic E-state index is 0.0377. The minimum Gasteiger partial charge on any atom is -0.494 e. The number of amides is 1. The van der Waals surface area contributed by atoms with E-state index >= 15 is 0 Å². The zero-order valence-corrected chi connectivity index (χ0v) is 20.6. The number of nitrogens with zero attached hydrogens (tertiary/aromatic N) is 1. The number of para-hydroxylation sites is 1. The van der Waals surface area contributed by atoms with E-state index in [0.29, 0.717) is 21.5 Å². The van der Waals surface area contributed by atoms with Gasteiger partial charge >= 0.3 is 0 Å². The Hall–Kier alpha value is -3.37. The van der Waals surface area contributed by atoms with Gasteiger partial charge in [-0.05, 0) is 54.1 Å². The second-order valence-electron chi connectivity index (χ2n) is 7.27. The zero-order chi connectivity index (χ0) is 24.5. The van der Waals surface area contributed by atoms with Crippen molar-refractivity contribution in [1.29, 1.82) is 0 Å². The van der Waals surface area contributed by atoms with Gasteiger partial charge in [-0.3, -0.25) is 9.69 Å². The quantitative estimate of drug-likeness (QED) is 0.488. The Labute approximate surface area is 204 Å². The highest BCUT2D eigenvalue weighted by molar-refractivity contribution is 9.10. The van der Waals surface area contributed by atoms with Gasteiger partial charge in [0.05, 0.1) is 19.1 Å². The Morgan fingerprint density at radius 1 is 0.941 bits per heavy atom. The van der Waals surface area contributed by atoms with Gasteiger partial charge in [0.2, 0.25) is 9.84 Å². The molecule has 3 aromatic rings. The van der Waals surface area contributed by atoms with E-state index in [9.17, 15) is 17.6 Å². The smallest absolute Gasteiger partial charge is 0.273 e. The fourth-order valence-electron chi connectivity index (χ4n) is 3.65. The number of nitrogens with one attached hydrogen (secondary N) is 1. The lowest BCUT2D eigenvalue weighted by molar-refractivity contribution is -0.115. The number of sulfone groups is 1. The van der Waals surface area contributed by atoms with Gasteiger partial charge in [-0.1, -0.05) is 34.1 Å². The summed E-state index contributed by atoms with van der Waals surface area (Å²) < 4.78 is 52.0. The Bertz CT molecular complexity index is 1340. The van der Waals surface area contributed by atoms with Crippen LogP contribution in [0, 0.1) is 5.82 Å². The second-order valence-corrected chi connectivity index (χ2v) is 10.1. The van der Waals surface area contributed by atoms with Gasteiger partial charge in [0.15, 0.2) is 4.91 Å². The van der Waals surface area contributed by atoms with E-state index in [2.05, 4.69) is 21.2 Å². The average Bonchev–Trinajstić information content (AvgIpc) is 2.84. The van der Waals surface area contributed by atoms with E-state index in [1.54, 1.807) is 30.3 Å². The number of halogens is 2. The summed E-state index contributed by atoms with van der Waals surface area (Å²) in [4.78, 5) is 14.6. The summed E-state index contributed by atoms with van der Waals surface area (Å²) in [7, 11) is -1.31. The molecule has 0 aliphatic carbocycles. The maximum Gasteiger partial charge on any atom is 0.273 e. The summed E-state index contributed by atoms with van der Waals surface area (Å²) >= 11 is 3.28. The third-order valence-electron chi connectivity index (χ3n) is 5.30. The van der Waals surface area contributed by atoms with Crippen molar-refractivity contribution in [1.82, 2.24) is 5.32 Å². The largest absolute Gasteiger partial charge is 0.494 e. The summed E-state index contributed by atoms with van der Waals surface area (Å²) in [6.45, 7) is 0. The minimum atomic E-state index is -4.18. The van der Waals surface area contributed by atoms with E-state index in [0.717, 1.165) is 0 Å². The van der Waals surface area contributed by atoms with Crippen molar-refractivity contribution in [3.05, 3.63) is 93.7 Å². The van der Waals surface area contributed by atoms with Crippen LogP contribution in [0.25, 0.3) is 0 Å². The third-order valence-corrected chi connectivity index (χ3v) is 7.59. The first-order valence-electron chi connectivity index (χ1n) is 10.0. The Balaban J connectivity index is 1.91. The molecule has 1 aliphatic heterocycles. The number of ether oxygens (including phenoxy) is 2. The van der Waals surface area contributed by atoms with E-state index in [4.69, 9.17) is 9.47 Å². The van der Waals surface area contributed by atoms with Crippen LogP contribution in [0.1, 0.15) is 11.7 Å². The zero-order valence-electron chi connectivity index (χ0n) is 18.2. The van der Waals surface area contributed by atoms with E-state index in [1.165, 1.54) is 61.7 Å². The molecule has 0 spiro atoms. The number of anilines is 1. The number of carbonyl (C=O) groups is 1. The number of methoxy groups -OCH3 is 2. The van der Waals surface area contributed by atoms with Crippen LogP contribution in [0.15, 0.2) is 87.2 Å². The molecule has 3 aromatic carbocycles. The molecule has 1 N–H and O–H groups in total. The Kier molecular flexibility index (Phi) is 6.63. The molecule has 34 heavy (non-hydrogen) atoms. The first-order valence-corrected chi connectivity index (χ1v) is 12.3. The van der Waals surface area contributed by atoms with Gasteiger partial charge in [0.25, 0.3) is 5.91 Å². The molecule has 0 saturated heterocycles. The number of benzene rings is 3. The highest BCUT2D eigenvalue weighted by Crippen LogP contribution is 2.43. The molecule has 0 saturated carbocycles. The maximum absolute atomic E-state index is 13.8. The summed E-state index contributed by atoms with van der Waals surface area (Å²) in [6, 6.07) is 16.5. The fourth-order valence-corrected chi connectivity index (χ4v) is 5.21. The Morgan fingerprint density at radius 3 is 2.09 bits per heavy atom. The lowest BCUT2D eigenvalue weighted by Crippen LogP contribution is -2.47. The number of rotatable bonds is 6. The van der Waals surface area contributed by atoms with Crippen molar-refractivity contribution in [3.8, 4) is 11.5 Å². The van der Waals surface area contributed by atoms with Crippen LogP contribution in [0.4, 0.5) is 10.1 Å². The summed E-state index contributed by atoms with van der Waals surface area (Å²) in [6.07, 6.45) is 0.314. The van der Waals surface area contributed by atoms with Gasteiger partial charge in [-0.25, -0.2) is 12.8 Å². The first kappa shape index (κ1) is 23.8. The number of carbonyl (C=O) groups excluding carboxylic acids is 1. The second kappa shape index (κ2) is 9.47. The molecule has 1 amide bonds. The monoisotopic (exact) mass is 546 g/mol. The van der Waals surface area contributed by atoms with Crippen LogP contribution < -0.4 is 19.7 Å². The van der Waals surface area contributed by atoms with Gasteiger partial charge in [0.1, 0.15) is 29.2 Å². The summed E-state index contributed by atoms with van der Waals surface area (Å²) in [5.41, 5.74) is 0.759. The SMILES string of the molecule is COc1cccc(OC)c1N1C(=O)C(S(=O)(=O)c2ccc(Br)cc2)=CNC1c1ccc(F)cc1. The van der Waals surface area contributed by atoms with Gasteiger partial charge in [-0.15, -0.1) is 0 Å². The molecular formula is C24H20BrFN2O5S. The third kappa shape index (κ3) is 4.26. The molecule has 4 rings (SSSR count). The van der Waals surface area contributed by atoms with Gasteiger partial charge in [0, 0.05) is 10.7 Å². The molecule has 0 radical (unpaired) electrons. The summed E-state index contributed by atoms with van der Waals surface area (Å²) in [5.74, 6) is -0.645. The van der Waals surface area contributed by atoms with E-state index in [1.807, 2.05) is 0 Å². The molecule has 0 bridgehead atoms. The molecule has 7 nitrogen and oxygen atoms in total. The maximum atomic E-state index is 13.8. The number of hydrogen-bond donors (Lipinski definition) is 1. The molecule has 10 heteroatoms. The van der Waals surface area contributed by atoms with Gasteiger partial charge < -0.3 is 14.8 Å². The fraction of sp³-hybridized carbons (Fsp3) is 0.125. The topological polar surface area (TPSA) is 84.9 Å². The van der Waals surface area contributed by atoms with Crippen LogP contribution in [0.2, 0.25) is 0 Å². The molecule has 0 fully saturated rings. The molecular weight excluding hydrogens is 527 g/mol. The van der Waals surface area contributed by atoms with Gasteiger partial charge in [-0.2, -0.15) is 0 Å². The molecule has 176 valence electrons. The summed E-state index contributed by atoms with van der Waals surface area (Å²) in [5, 5.41) is 2.99. The van der Waals surface area contributed by atoms with Crippen LogP contribution in [-0.2, 0) is 14.6 Å². The first-order chi connectivity index (χ1) is 16.3. The lowest BCUT2D eigenvalue weighted by atomic mass is 10.1. The van der Waals surface area contributed by atoms with Crippen molar-refractivity contribution in [3.63, 3.8) is 0 Å². The van der Waals surface area contributed by atoms with Crippen molar-refractivity contribution < 1.29 is 27.1 Å².